The zero-order valence-electron chi connectivity index (χ0n) is 8.85. The SMILES string of the molecule is CCCOC(C)(F)C(F)(F)C(F)(F)C(F)(F)F. The zero-order valence-corrected chi connectivity index (χ0v) is 8.85. The minimum absolute atomic E-state index is 0.0207. The van der Waals surface area contributed by atoms with Gasteiger partial charge in [0.05, 0.1) is 6.61 Å². The van der Waals surface area contributed by atoms with E-state index in [1.54, 1.807) is 0 Å². The highest BCUT2D eigenvalue weighted by atomic mass is 19.4. The summed E-state index contributed by atoms with van der Waals surface area (Å²) in [6.45, 7) is 0.467. The van der Waals surface area contributed by atoms with Gasteiger partial charge >= 0.3 is 18.0 Å². The first kappa shape index (κ1) is 16.4. The smallest absolute Gasteiger partial charge is 0.341 e. The summed E-state index contributed by atoms with van der Waals surface area (Å²) < 4.78 is 103. The van der Waals surface area contributed by atoms with Crippen molar-refractivity contribution in [1.29, 1.82) is 0 Å². The maximum atomic E-state index is 13.1. The predicted molar refractivity (Wildman–Crippen MR) is 41.7 cm³/mol. The summed E-state index contributed by atoms with van der Waals surface area (Å²) in [5, 5.41) is 0. The van der Waals surface area contributed by atoms with Crippen molar-refractivity contribution in [2.45, 2.75) is 44.1 Å². The van der Waals surface area contributed by atoms with Crippen LogP contribution in [0.1, 0.15) is 20.3 Å². The topological polar surface area (TPSA) is 9.23 Å². The van der Waals surface area contributed by atoms with Gasteiger partial charge in [-0.05, 0) is 6.42 Å². The molecule has 0 aliphatic heterocycles. The molecule has 0 heterocycles. The Bertz CT molecular complexity index is 257. The molecule has 1 nitrogen and oxygen atoms in total. The molecule has 0 aromatic carbocycles. The van der Waals surface area contributed by atoms with Crippen molar-refractivity contribution in [1.82, 2.24) is 0 Å². The van der Waals surface area contributed by atoms with Crippen LogP contribution in [0, 0.1) is 0 Å². The standard InChI is InChI=1S/C8H10F8O/c1-3-4-17-5(2,9)6(10,11)7(12,13)8(14,15)16/h3-4H2,1-2H3. The number of hydrogen-bond acceptors (Lipinski definition) is 1. The zero-order chi connectivity index (χ0) is 14.1. The average molecular weight is 274 g/mol. The van der Waals surface area contributed by atoms with E-state index in [9.17, 15) is 35.1 Å². The van der Waals surface area contributed by atoms with Crippen molar-refractivity contribution in [3.8, 4) is 0 Å². The van der Waals surface area contributed by atoms with E-state index in [-0.39, 0.29) is 13.3 Å². The molecular formula is C8H10F8O. The monoisotopic (exact) mass is 274 g/mol. The second-order valence-corrected chi connectivity index (χ2v) is 3.41. The molecule has 0 spiro atoms. The molecule has 0 saturated heterocycles. The van der Waals surface area contributed by atoms with Gasteiger partial charge in [0.2, 0.25) is 0 Å². The molecule has 1 unspecified atom stereocenters. The maximum absolute atomic E-state index is 13.1. The molecule has 0 fully saturated rings. The Morgan fingerprint density at radius 2 is 1.24 bits per heavy atom. The van der Waals surface area contributed by atoms with Gasteiger partial charge in [-0.1, -0.05) is 6.92 Å². The minimum atomic E-state index is -6.57. The van der Waals surface area contributed by atoms with Crippen LogP contribution in [-0.4, -0.2) is 30.5 Å². The Labute approximate surface area is 91.7 Å². The fourth-order valence-electron chi connectivity index (χ4n) is 0.843. The molecule has 0 aromatic rings. The summed E-state index contributed by atoms with van der Waals surface area (Å²) in [4.78, 5) is 0. The quantitative estimate of drug-likeness (QED) is 0.690. The maximum Gasteiger partial charge on any atom is 0.460 e. The van der Waals surface area contributed by atoms with Crippen LogP contribution in [0.2, 0.25) is 0 Å². The van der Waals surface area contributed by atoms with Crippen molar-refractivity contribution in [3.63, 3.8) is 0 Å². The summed E-state index contributed by atoms with van der Waals surface area (Å²) in [6.07, 6.45) is -6.59. The third kappa shape index (κ3) is 2.80. The van der Waals surface area contributed by atoms with E-state index in [1.165, 1.54) is 6.92 Å². The van der Waals surface area contributed by atoms with Gasteiger partial charge in [0.1, 0.15) is 0 Å². The van der Waals surface area contributed by atoms with E-state index in [0.29, 0.717) is 0 Å². The van der Waals surface area contributed by atoms with Gasteiger partial charge in [0.25, 0.3) is 5.85 Å². The molecule has 0 radical (unpaired) electrons. The average Bonchev–Trinajstić information content (AvgIpc) is 2.12. The summed E-state index contributed by atoms with van der Waals surface area (Å²) in [6, 6.07) is 0. The van der Waals surface area contributed by atoms with Crippen molar-refractivity contribution >= 4 is 0 Å². The molecule has 0 amide bonds. The van der Waals surface area contributed by atoms with Crippen LogP contribution >= 0.6 is 0 Å². The minimum Gasteiger partial charge on any atom is -0.341 e. The van der Waals surface area contributed by atoms with Gasteiger partial charge in [-0.15, -0.1) is 0 Å². The van der Waals surface area contributed by atoms with Crippen molar-refractivity contribution in [2.24, 2.45) is 0 Å². The van der Waals surface area contributed by atoms with Gasteiger partial charge in [-0.3, -0.25) is 0 Å². The predicted octanol–water partition coefficient (Wildman–Crippen LogP) is 3.93. The first-order chi connectivity index (χ1) is 7.31. The van der Waals surface area contributed by atoms with E-state index in [2.05, 4.69) is 4.74 Å². The van der Waals surface area contributed by atoms with Gasteiger partial charge in [0.15, 0.2) is 0 Å². The van der Waals surface area contributed by atoms with Crippen LogP contribution in [0.25, 0.3) is 0 Å². The lowest BCUT2D eigenvalue weighted by Crippen LogP contribution is -2.62. The van der Waals surface area contributed by atoms with Gasteiger partial charge < -0.3 is 4.74 Å². The molecule has 0 bridgehead atoms. The molecule has 0 aromatic heterocycles. The number of rotatable bonds is 5. The number of halogens is 8. The van der Waals surface area contributed by atoms with Crippen LogP contribution < -0.4 is 0 Å². The highest BCUT2D eigenvalue weighted by molar-refractivity contribution is 4.98. The Morgan fingerprint density at radius 3 is 1.53 bits per heavy atom. The lowest BCUT2D eigenvalue weighted by atomic mass is 10.0. The second-order valence-electron chi connectivity index (χ2n) is 3.41. The summed E-state index contributed by atoms with van der Waals surface area (Å²) >= 11 is 0. The van der Waals surface area contributed by atoms with E-state index < -0.39 is 30.5 Å². The Kier molecular flexibility index (Phi) is 4.42. The van der Waals surface area contributed by atoms with E-state index >= 15 is 0 Å². The highest BCUT2D eigenvalue weighted by Crippen LogP contribution is 2.52. The van der Waals surface area contributed by atoms with Crippen molar-refractivity contribution < 1.29 is 39.9 Å². The lowest BCUT2D eigenvalue weighted by molar-refractivity contribution is -0.410. The first-order valence-corrected chi connectivity index (χ1v) is 4.46. The van der Waals surface area contributed by atoms with Crippen LogP contribution in [0.5, 0.6) is 0 Å². The fourth-order valence-corrected chi connectivity index (χ4v) is 0.843. The van der Waals surface area contributed by atoms with E-state index in [0.717, 1.165) is 0 Å². The molecule has 0 rings (SSSR count). The third-order valence-corrected chi connectivity index (χ3v) is 1.89. The lowest BCUT2D eigenvalue weighted by Gasteiger charge is -2.35. The van der Waals surface area contributed by atoms with E-state index in [4.69, 9.17) is 0 Å². The first-order valence-electron chi connectivity index (χ1n) is 4.46. The molecular weight excluding hydrogens is 264 g/mol. The fraction of sp³-hybridized carbons (Fsp3) is 1.00. The summed E-state index contributed by atoms with van der Waals surface area (Å²) in [5.74, 6) is -17.0. The second kappa shape index (κ2) is 4.58. The van der Waals surface area contributed by atoms with Crippen LogP contribution in [0.4, 0.5) is 35.1 Å². The Hall–Kier alpha value is -0.600. The molecule has 17 heavy (non-hydrogen) atoms. The molecule has 0 aliphatic carbocycles. The summed E-state index contributed by atoms with van der Waals surface area (Å²) in [5.41, 5.74) is 0. The third-order valence-electron chi connectivity index (χ3n) is 1.89. The summed E-state index contributed by atoms with van der Waals surface area (Å²) in [7, 11) is 0. The number of alkyl halides is 8. The van der Waals surface area contributed by atoms with Crippen LogP contribution in [0.15, 0.2) is 0 Å². The molecule has 0 aliphatic rings. The van der Waals surface area contributed by atoms with Crippen molar-refractivity contribution in [3.05, 3.63) is 0 Å². The Morgan fingerprint density at radius 1 is 0.824 bits per heavy atom. The van der Waals surface area contributed by atoms with Gasteiger partial charge in [0, 0.05) is 6.92 Å². The number of ether oxygens (including phenoxy) is 1. The molecule has 0 saturated carbocycles. The normalized spacial score (nSPS) is 18.0. The molecule has 0 N–H and O–H groups in total. The Balaban J connectivity index is 5.24. The highest BCUT2D eigenvalue weighted by Gasteiger charge is 2.80. The molecule has 1 atom stereocenters. The molecule has 104 valence electrons. The van der Waals surface area contributed by atoms with Crippen LogP contribution in [-0.2, 0) is 4.74 Å². The van der Waals surface area contributed by atoms with Crippen molar-refractivity contribution in [2.75, 3.05) is 6.61 Å². The van der Waals surface area contributed by atoms with Crippen LogP contribution in [0.3, 0.4) is 0 Å². The largest absolute Gasteiger partial charge is 0.460 e. The molecule has 9 heteroatoms. The van der Waals surface area contributed by atoms with Gasteiger partial charge in [-0.2, -0.15) is 30.7 Å². The van der Waals surface area contributed by atoms with E-state index in [1.807, 2.05) is 0 Å². The van der Waals surface area contributed by atoms with Gasteiger partial charge in [-0.25, -0.2) is 4.39 Å². The number of hydrogen-bond donors (Lipinski definition) is 0.